The van der Waals surface area contributed by atoms with Crippen LogP contribution in [0.3, 0.4) is 0 Å². The van der Waals surface area contributed by atoms with E-state index in [9.17, 15) is 12.6 Å². The van der Waals surface area contributed by atoms with Crippen molar-refractivity contribution >= 4 is 20.6 Å². The van der Waals surface area contributed by atoms with Crippen LogP contribution in [-0.4, -0.2) is 49.2 Å². The molecule has 0 aromatic heterocycles. The van der Waals surface area contributed by atoms with E-state index >= 15 is 0 Å². The molecule has 0 saturated carbocycles. The van der Waals surface area contributed by atoms with Crippen molar-refractivity contribution in [3.05, 3.63) is 0 Å². The van der Waals surface area contributed by atoms with Gasteiger partial charge in [-0.2, -0.15) is 0 Å². The van der Waals surface area contributed by atoms with Gasteiger partial charge in [0.1, 0.15) is 9.84 Å². The monoisotopic (exact) mass is 227 g/mol. The van der Waals surface area contributed by atoms with Gasteiger partial charge in [-0.25, -0.2) is 8.42 Å². The quantitative estimate of drug-likeness (QED) is 0.657. The van der Waals surface area contributed by atoms with E-state index in [1.807, 2.05) is 6.92 Å². The van der Waals surface area contributed by atoms with E-state index in [-0.39, 0.29) is 11.8 Å². The second kappa shape index (κ2) is 5.72. The Hall–Kier alpha value is 0.0600. The van der Waals surface area contributed by atoms with E-state index in [2.05, 4.69) is 5.32 Å². The summed E-state index contributed by atoms with van der Waals surface area (Å²) in [5.41, 5.74) is 0. The minimum atomic E-state index is -2.89. The molecule has 0 aliphatic heterocycles. The summed E-state index contributed by atoms with van der Waals surface area (Å²) in [6, 6.07) is 0.104. The van der Waals surface area contributed by atoms with Crippen molar-refractivity contribution in [3.63, 3.8) is 0 Å². The fourth-order valence-electron chi connectivity index (χ4n) is 0.902. The minimum absolute atomic E-state index is 0.104. The molecule has 0 amide bonds. The molecule has 13 heavy (non-hydrogen) atoms. The lowest BCUT2D eigenvalue weighted by atomic mass is 10.4. The third kappa shape index (κ3) is 9.98. The van der Waals surface area contributed by atoms with Crippen molar-refractivity contribution < 1.29 is 12.6 Å². The Morgan fingerprint density at radius 2 is 2.00 bits per heavy atom. The average Bonchev–Trinajstić information content (AvgIpc) is 1.81. The van der Waals surface area contributed by atoms with E-state index < -0.39 is 20.6 Å². The Labute approximate surface area is 82.5 Å². The molecule has 0 radical (unpaired) electrons. The van der Waals surface area contributed by atoms with Gasteiger partial charge in [0.25, 0.3) is 0 Å². The molecule has 6 heteroatoms. The van der Waals surface area contributed by atoms with Gasteiger partial charge in [-0.15, -0.1) is 0 Å². The van der Waals surface area contributed by atoms with Gasteiger partial charge in [-0.1, -0.05) is 0 Å². The zero-order valence-corrected chi connectivity index (χ0v) is 9.87. The van der Waals surface area contributed by atoms with Crippen molar-refractivity contribution in [3.8, 4) is 0 Å². The van der Waals surface area contributed by atoms with E-state index in [1.54, 1.807) is 6.26 Å². The van der Waals surface area contributed by atoms with Gasteiger partial charge >= 0.3 is 0 Å². The zero-order chi connectivity index (χ0) is 10.5. The number of sulfone groups is 1. The lowest BCUT2D eigenvalue weighted by Crippen LogP contribution is -2.34. The first-order valence-corrected chi connectivity index (χ1v) is 7.81. The Morgan fingerprint density at radius 1 is 1.46 bits per heavy atom. The maximum absolute atomic E-state index is 10.8. The first-order valence-electron chi connectivity index (χ1n) is 4.02. The van der Waals surface area contributed by atoms with E-state index in [0.29, 0.717) is 12.3 Å². The summed E-state index contributed by atoms with van der Waals surface area (Å²) in [4.78, 5) is 0. The molecule has 0 heterocycles. The van der Waals surface area contributed by atoms with Crippen LogP contribution in [0.2, 0.25) is 0 Å². The third-order valence-corrected chi connectivity index (χ3v) is 3.37. The molecule has 0 aliphatic carbocycles. The molecular formula is C7H17NO3S2. The minimum Gasteiger partial charge on any atom is -0.312 e. The molecule has 2 atom stereocenters. The summed E-state index contributed by atoms with van der Waals surface area (Å²) in [6.07, 6.45) is 2.84. The fraction of sp³-hybridized carbons (Fsp3) is 1.00. The molecule has 4 nitrogen and oxygen atoms in total. The Kier molecular flexibility index (Phi) is 5.75. The molecule has 0 fully saturated rings. The first-order chi connectivity index (χ1) is 5.81. The summed E-state index contributed by atoms with van der Waals surface area (Å²) in [5, 5.41) is 3.00. The van der Waals surface area contributed by atoms with Gasteiger partial charge in [-0.3, -0.25) is 4.21 Å². The second-order valence-corrected chi connectivity index (χ2v) is 6.96. The standard InChI is InChI=1S/C7H17NO3S2/c1-7(6-12(2)9)8-4-5-13(3,10)11/h7-8H,4-6H2,1-3H3. The highest BCUT2D eigenvalue weighted by Crippen LogP contribution is 1.86. The van der Waals surface area contributed by atoms with Gasteiger partial charge < -0.3 is 5.32 Å². The summed E-state index contributed by atoms with van der Waals surface area (Å²) in [5.74, 6) is 0.692. The van der Waals surface area contributed by atoms with Gasteiger partial charge in [0, 0.05) is 41.7 Å². The van der Waals surface area contributed by atoms with E-state index in [4.69, 9.17) is 0 Å². The number of hydrogen-bond donors (Lipinski definition) is 1. The number of nitrogens with one attached hydrogen (secondary N) is 1. The molecule has 80 valence electrons. The zero-order valence-electron chi connectivity index (χ0n) is 8.24. The highest BCUT2D eigenvalue weighted by molar-refractivity contribution is 7.90. The summed E-state index contributed by atoms with van der Waals surface area (Å²) in [6.45, 7) is 2.32. The van der Waals surface area contributed by atoms with Crippen LogP contribution in [0.15, 0.2) is 0 Å². The van der Waals surface area contributed by atoms with Crippen LogP contribution in [0, 0.1) is 0 Å². The summed E-state index contributed by atoms with van der Waals surface area (Å²) < 4.78 is 32.2. The second-order valence-electron chi connectivity index (χ2n) is 3.22. The lowest BCUT2D eigenvalue weighted by Gasteiger charge is -2.10. The summed E-state index contributed by atoms with van der Waals surface area (Å²) in [7, 11) is -3.72. The van der Waals surface area contributed by atoms with Crippen molar-refractivity contribution in [1.29, 1.82) is 0 Å². The predicted octanol–water partition coefficient (Wildman–Crippen LogP) is -0.612. The summed E-state index contributed by atoms with van der Waals surface area (Å²) >= 11 is 0. The molecule has 0 aliphatic rings. The van der Waals surface area contributed by atoms with Gasteiger partial charge in [0.15, 0.2) is 0 Å². The molecule has 0 spiro atoms. The maximum atomic E-state index is 10.8. The van der Waals surface area contributed by atoms with Crippen LogP contribution >= 0.6 is 0 Å². The molecule has 2 unspecified atom stereocenters. The normalized spacial score (nSPS) is 16.8. The van der Waals surface area contributed by atoms with Gasteiger partial charge in [0.05, 0.1) is 5.75 Å². The van der Waals surface area contributed by atoms with Crippen molar-refractivity contribution in [1.82, 2.24) is 5.32 Å². The molecule has 0 aromatic rings. The molecule has 0 saturated heterocycles. The largest absolute Gasteiger partial charge is 0.312 e. The van der Waals surface area contributed by atoms with Crippen LogP contribution in [0.4, 0.5) is 0 Å². The third-order valence-electron chi connectivity index (χ3n) is 1.45. The molecular weight excluding hydrogens is 210 g/mol. The molecule has 0 rings (SSSR count). The first kappa shape index (κ1) is 13.1. The van der Waals surface area contributed by atoms with Crippen molar-refractivity contribution in [2.24, 2.45) is 0 Å². The number of rotatable bonds is 6. The van der Waals surface area contributed by atoms with Gasteiger partial charge in [0.2, 0.25) is 0 Å². The Balaban J connectivity index is 3.60. The highest BCUT2D eigenvalue weighted by atomic mass is 32.2. The van der Waals surface area contributed by atoms with Crippen molar-refractivity contribution in [2.75, 3.05) is 30.6 Å². The smallest absolute Gasteiger partial charge is 0.148 e. The maximum Gasteiger partial charge on any atom is 0.148 e. The van der Waals surface area contributed by atoms with E-state index in [1.165, 1.54) is 6.26 Å². The predicted molar refractivity (Wildman–Crippen MR) is 56.1 cm³/mol. The van der Waals surface area contributed by atoms with Gasteiger partial charge in [-0.05, 0) is 6.92 Å². The van der Waals surface area contributed by atoms with Crippen LogP contribution in [0.5, 0.6) is 0 Å². The lowest BCUT2D eigenvalue weighted by molar-refractivity contribution is 0.582. The topological polar surface area (TPSA) is 63.2 Å². The Bertz CT molecular complexity index is 261. The van der Waals surface area contributed by atoms with Crippen LogP contribution in [0.25, 0.3) is 0 Å². The number of hydrogen-bond acceptors (Lipinski definition) is 4. The average molecular weight is 227 g/mol. The molecule has 0 aromatic carbocycles. The van der Waals surface area contributed by atoms with E-state index in [0.717, 1.165) is 0 Å². The van der Waals surface area contributed by atoms with Crippen LogP contribution in [0.1, 0.15) is 6.92 Å². The van der Waals surface area contributed by atoms with Crippen molar-refractivity contribution in [2.45, 2.75) is 13.0 Å². The van der Waals surface area contributed by atoms with Crippen LogP contribution in [-0.2, 0) is 20.6 Å². The fourth-order valence-corrected chi connectivity index (χ4v) is 2.21. The highest BCUT2D eigenvalue weighted by Gasteiger charge is 2.05. The SMILES string of the molecule is CC(CS(C)=O)NCCS(C)(=O)=O. The molecule has 0 bridgehead atoms. The van der Waals surface area contributed by atoms with Crippen LogP contribution < -0.4 is 5.32 Å². The Morgan fingerprint density at radius 3 is 2.38 bits per heavy atom. The molecule has 1 N–H and O–H groups in total.